The van der Waals surface area contributed by atoms with Gasteiger partial charge < -0.3 is 9.47 Å². The van der Waals surface area contributed by atoms with E-state index in [1.807, 2.05) is 4.57 Å². The van der Waals surface area contributed by atoms with Gasteiger partial charge in [0, 0.05) is 18.4 Å². The third kappa shape index (κ3) is 5.17. The molecule has 1 aliphatic rings. The van der Waals surface area contributed by atoms with Crippen molar-refractivity contribution in [2.45, 2.75) is 77.5 Å². The molecule has 9 nitrogen and oxygen atoms in total. The molecule has 1 N–H and O–H groups in total. The molecule has 2 atom stereocenters. The maximum Gasteiger partial charge on any atom is 0.414 e. The van der Waals surface area contributed by atoms with Gasteiger partial charge >= 0.3 is 12.1 Å². The molecule has 0 aromatic carbocycles. The molecule has 0 bridgehead atoms. The Kier molecular flexibility index (Phi) is 5.81. The second kappa shape index (κ2) is 8.12. The number of hydrogen-bond donors (Lipinski definition) is 1. The van der Waals surface area contributed by atoms with E-state index in [1.54, 1.807) is 39.5 Å². The number of amides is 1. The molecule has 0 radical (unpaired) electrons. The van der Waals surface area contributed by atoms with E-state index in [0.717, 1.165) is 24.8 Å². The van der Waals surface area contributed by atoms with Crippen molar-refractivity contribution < 1.29 is 14.3 Å². The zero-order chi connectivity index (χ0) is 20.3. The van der Waals surface area contributed by atoms with Crippen LogP contribution in [0.2, 0.25) is 0 Å². The van der Waals surface area contributed by atoms with Crippen LogP contribution >= 0.6 is 0 Å². The van der Waals surface area contributed by atoms with Crippen molar-refractivity contribution in [1.29, 1.82) is 0 Å². The minimum atomic E-state index is -0.567. The topological polar surface area (TPSA) is 104 Å². The van der Waals surface area contributed by atoms with E-state index < -0.39 is 11.7 Å². The van der Waals surface area contributed by atoms with E-state index in [1.165, 1.54) is 0 Å². The molecule has 3 rings (SSSR count). The van der Waals surface area contributed by atoms with Crippen molar-refractivity contribution >= 4 is 12.0 Å². The molecule has 2 aromatic rings. The minimum absolute atomic E-state index is 0.0891. The van der Waals surface area contributed by atoms with Crippen LogP contribution in [0.1, 0.15) is 71.4 Å². The van der Waals surface area contributed by atoms with Gasteiger partial charge in [0.05, 0.1) is 0 Å². The number of ether oxygens (including phenoxy) is 2. The molecule has 1 saturated carbocycles. The van der Waals surface area contributed by atoms with Gasteiger partial charge in [-0.1, -0.05) is 5.10 Å². The van der Waals surface area contributed by atoms with Gasteiger partial charge in [-0.2, -0.15) is 0 Å². The highest BCUT2D eigenvalue weighted by atomic mass is 16.6. The molecule has 1 amide bonds. The highest BCUT2D eigenvalue weighted by Gasteiger charge is 2.29. The molecule has 0 spiro atoms. The first kappa shape index (κ1) is 20.0. The predicted octanol–water partition coefficient (Wildman–Crippen LogP) is 3.71. The van der Waals surface area contributed by atoms with Gasteiger partial charge in [0.25, 0.3) is 0 Å². The highest BCUT2D eigenvalue weighted by Crippen LogP contribution is 2.36. The molecular weight excluding hydrogens is 360 g/mol. The number of aromatic nitrogens is 5. The Morgan fingerprint density at radius 2 is 1.96 bits per heavy atom. The predicted molar refractivity (Wildman–Crippen MR) is 103 cm³/mol. The van der Waals surface area contributed by atoms with E-state index in [-0.39, 0.29) is 18.1 Å². The first-order chi connectivity index (χ1) is 13.2. The first-order valence-electron chi connectivity index (χ1n) is 9.59. The lowest BCUT2D eigenvalue weighted by Gasteiger charge is -2.19. The van der Waals surface area contributed by atoms with Crippen LogP contribution < -0.4 is 10.1 Å². The molecule has 9 heteroatoms. The fourth-order valence-corrected chi connectivity index (χ4v) is 3.18. The van der Waals surface area contributed by atoms with Crippen LogP contribution in [0.3, 0.4) is 0 Å². The average molecular weight is 388 g/mol. The molecule has 152 valence electrons. The van der Waals surface area contributed by atoms with Crippen molar-refractivity contribution in [2.75, 3.05) is 5.32 Å². The van der Waals surface area contributed by atoms with Gasteiger partial charge in [-0.25, -0.2) is 14.8 Å². The molecule has 1 fully saturated rings. The SMILES string of the molecule is CC(C)n1cnnc1O[C@H]1CC[C@@H](c2cnc(NC(=O)OC(C)(C)C)nc2)C1. The maximum atomic E-state index is 11.8. The van der Waals surface area contributed by atoms with Gasteiger partial charge in [-0.05, 0) is 65.4 Å². The normalized spacial score (nSPS) is 19.6. The molecular formula is C19H28N6O3. The Balaban J connectivity index is 1.55. The van der Waals surface area contributed by atoms with Gasteiger partial charge in [-0.3, -0.25) is 9.88 Å². The van der Waals surface area contributed by atoms with Gasteiger partial charge in [0.1, 0.15) is 18.0 Å². The van der Waals surface area contributed by atoms with Crippen molar-refractivity contribution in [3.05, 3.63) is 24.3 Å². The largest absolute Gasteiger partial charge is 0.460 e. The third-order valence-electron chi connectivity index (χ3n) is 4.51. The number of rotatable bonds is 5. The van der Waals surface area contributed by atoms with E-state index >= 15 is 0 Å². The summed E-state index contributed by atoms with van der Waals surface area (Å²) in [6, 6.07) is 0.814. The first-order valence-corrected chi connectivity index (χ1v) is 9.59. The lowest BCUT2D eigenvalue weighted by Crippen LogP contribution is -2.27. The van der Waals surface area contributed by atoms with Crippen LogP contribution in [0.15, 0.2) is 18.7 Å². The van der Waals surface area contributed by atoms with Crippen LogP contribution in [0.4, 0.5) is 10.7 Å². The number of carbonyl (C=O) groups excluding carboxylic acids is 1. The molecule has 1 aliphatic carbocycles. The standard InChI is InChI=1S/C19H28N6O3/c1-12(2)25-11-22-24-17(25)27-15-7-6-13(8-15)14-9-20-16(21-10-14)23-18(26)28-19(3,4)5/h9-13,15H,6-8H2,1-5H3,(H,20,21,23,26)/t13-,15+/m1/s1. The Bertz CT molecular complexity index is 797. The number of carbonyl (C=O) groups is 1. The maximum absolute atomic E-state index is 11.8. The number of hydrogen-bond acceptors (Lipinski definition) is 7. The molecule has 2 aromatic heterocycles. The quantitative estimate of drug-likeness (QED) is 0.832. The number of nitrogens with zero attached hydrogens (tertiary/aromatic N) is 5. The lowest BCUT2D eigenvalue weighted by molar-refractivity contribution is 0.0634. The van der Waals surface area contributed by atoms with Gasteiger partial charge in [0.2, 0.25) is 5.95 Å². The zero-order valence-corrected chi connectivity index (χ0v) is 17.0. The molecule has 0 saturated heterocycles. The van der Waals surface area contributed by atoms with E-state index in [9.17, 15) is 4.79 Å². The summed E-state index contributed by atoms with van der Waals surface area (Å²) >= 11 is 0. The van der Waals surface area contributed by atoms with Crippen molar-refractivity contribution in [1.82, 2.24) is 24.7 Å². The summed E-state index contributed by atoms with van der Waals surface area (Å²) in [6.07, 6.45) is 7.52. The average Bonchev–Trinajstić information content (AvgIpc) is 3.23. The monoisotopic (exact) mass is 388 g/mol. The van der Waals surface area contributed by atoms with Crippen LogP contribution in [-0.4, -0.2) is 42.5 Å². The number of anilines is 1. The Morgan fingerprint density at radius 3 is 2.61 bits per heavy atom. The summed E-state index contributed by atoms with van der Waals surface area (Å²) in [6.45, 7) is 9.55. The second-order valence-corrected chi connectivity index (χ2v) is 8.33. The summed E-state index contributed by atoms with van der Waals surface area (Å²) < 4.78 is 13.2. The molecule has 28 heavy (non-hydrogen) atoms. The van der Waals surface area contributed by atoms with Gasteiger partial charge in [0.15, 0.2) is 0 Å². The third-order valence-corrected chi connectivity index (χ3v) is 4.51. The summed E-state index contributed by atoms with van der Waals surface area (Å²) in [5.74, 6) is 0.546. The van der Waals surface area contributed by atoms with Crippen LogP contribution in [0, 0.1) is 0 Å². The van der Waals surface area contributed by atoms with E-state index in [2.05, 4.69) is 39.3 Å². The second-order valence-electron chi connectivity index (χ2n) is 8.33. The fourth-order valence-electron chi connectivity index (χ4n) is 3.18. The Morgan fingerprint density at radius 1 is 1.25 bits per heavy atom. The van der Waals surface area contributed by atoms with E-state index in [4.69, 9.17) is 9.47 Å². The molecule has 2 heterocycles. The van der Waals surface area contributed by atoms with Crippen LogP contribution in [0.25, 0.3) is 0 Å². The van der Waals surface area contributed by atoms with Crippen molar-refractivity contribution in [3.8, 4) is 6.01 Å². The Hall–Kier alpha value is -2.71. The zero-order valence-electron chi connectivity index (χ0n) is 17.0. The molecule has 0 aliphatic heterocycles. The Labute approximate surface area is 164 Å². The summed E-state index contributed by atoms with van der Waals surface area (Å²) in [4.78, 5) is 20.3. The lowest BCUT2D eigenvalue weighted by atomic mass is 10.0. The highest BCUT2D eigenvalue weighted by molar-refractivity contribution is 5.82. The minimum Gasteiger partial charge on any atom is -0.460 e. The van der Waals surface area contributed by atoms with Crippen molar-refractivity contribution in [3.63, 3.8) is 0 Å². The van der Waals surface area contributed by atoms with E-state index in [0.29, 0.717) is 11.9 Å². The fraction of sp³-hybridized carbons (Fsp3) is 0.632. The smallest absolute Gasteiger partial charge is 0.414 e. The number of nitrogens with one attached hydrogen (secondary N) is 1. The van der Waals surface area contributed by atoms with Crippen molar-refractivity contribution in [2.24, 2.45) is 0 Å². The summed E-state index contributed by atoms with van der Waals surface area (Å²) in [5, 5.41) is 10.6. The summed E-state index contributed by atoms with van der Waals surface area (Å²) in [5.41, 5.74) is 0.467. The van der Waals surface area contributed by atoms with Crippen LogP contribution in [-0.2, 0) is 4.74 Å². The van der Waals surface area contributed by atoms with Crippen LogP contribution in [0.5, 0.6) is 6.01 Å². The summed E-state index contributed by atoms with van der Waals surface area (Å²) in [7, 11) is 0. The van der Waals surface area contributed by atoms with Gasteiger partial charge in [-0.15, -0.1) is 5.10 Å². The molecule has 0 unspecified atom stereocenters.